The first-order chi connectivity index (χ1) is 12.4. The van der Waals surface area contributed by atoms with E-state index >= 15 is 0 Å². The molecule has 0 aromatic heterocycles. The van der Waals surface area contributed by atoms with Gasteiger partial charge in [0.1, 0.15) is 0 Å². The number of nitrogens with one attached hydrogen (secondary N) is 3. The number of sulfonamides is 1. The Balaban J connectivity index is 1.98. The van der Waals surface area contributed by atoms with Crippen molar-refractivity contribution in [1.82, 2.24) is 15.6 Å². The number of aryl methyl sites for hydroxylation is 1. The Morgan fingerprint density at radius 1 is 0.808 bits per heavy atom. The summed E-state index contributed by atoms with van der Waals surface area (Å²) in [4.78, 5) is 24.2. The summed E-state index contributed by atoms with van der Waals surface area (Å²) in [7, 11) is -3.57. The number of hydrogen-bond donors (Lipinski definition) is 3. The fraction of sp³-hybridized carbons (Fsp3) is 0.222. The van der Waals surface area contributed by atoms with Crippen LogP contribution in [0.15, 0.2) is 53.4 Å². The van der Waals surface area contributed by atoms with E-state index in [1.807, 2.05) is 19.1 Å². The average Bonchev–Trinajstić information content (AvgIpc) is 2.66. The van der Waals surface area contributed by atoms with Crippen LogP contribution in [0.1, 0.15) is 40.1 Å². The molecule has 2 amide bonds. The third-order valence-electron chi connectivity index (χ3n) is 3.68. The summed E-state index contributed by atoms with van der Waals surface area (Å²) in [6.07, 6.45) is 0.873. The first kappa shape index (κ1) is 19.6. The van der Waals surface area contributed by atoms with Crippen molar-refractivity contribution in [2.24, 2.45) is 0 Å². The van der Waals surface area contributed by atoms with E-state index in [0.29, 0.717) is 5.56 Å². The summed E-state index contributed by atoms with van der Waals surface area (Å²) in [5.74, 6) is -0.983. The number of carbonyl (C=O) groups excluding carboxylic acids is 2. The van der Waals surface area contributed by atoms with Crippen LogP contribution in [0.3, 0.4) is 0 Å². The molecule has 2 aromatic rings. The van der Waals surface area contributed by atoms with Crippen LogP contribution in [0.2, 0.25) is 0 Å². The van der Waals surface area contributed by atoms with E-state index in [-0.39, 0.29) is 17.0 Å². The van der Waals surface area contributed by atoms with E-state index in [1.54, 1.807) is 19.1 Å². The Kier molecular flexibility index (Phi) is 6.48. The Labute approximate surface area is 152 Å². The second-order valence-corrected chi connectivity index (χ2v) is 7.25. The van der Waals surface area contributed by atoms with Crippen molar-refractivity contribution in [3.63, 3.8) is 0 Å². The van der Waals surface area contributed by atoms with Crippen LogP contribution in [-0.2, 0) is 16.4 Å². The molecule has 0 radical (unpaired) electrons. The molecule has 8 heteroatoms. The summed E-state index contributed by atoms with van der Waals surface area (Å²) in [5.41, 5.74) is 6.40. The second kappa shape index (κ2) is 8.59. The zero-order valence-corrected chi connectivity index (χ0v) is 15.4. The minimum Gasteiger partial charge on any atom is -0.267 e. The van der Waals surface area contributed by atoms with Crippen molar-refractivity contribution in [3.8, 4) is 0 Å². The van der Waals surface area contributed by atoms with Crippen molar-refractivity contribution < 1.29 is 18.0 Å². The Morgan fingerprint density at radius 3 is 1.69 bits per heavy atom. The molecule has 138 valence electrons. The van der Waals surface area contributed by atoms with Gasteiger partial charge < -0.3 is 0 Å². The molecule has 0 unspecified atom stereocenters. The summed E-state index contributed by atoms with van der Waals surface area (Å²) < 4.78 is 26.1. The molecule has 3 N–H and O–H groups in total. The van der Waals surface area contributed by atoms with Gasteiger partial charge in [0.05, 0.1) is 4.90 Å². The third kappa shape index (κ3) is 4.90. The number of benzene rings is 2. The van der Waals surface area contributed by atoms with Gasteiger partial charge in [0.2, 0.25) is 10.0 Å². The first-order valence-electron chi connectivity index (χ1n) is 8.16. The molecule has 0 atom stereocenters. The summed E-state index contributed by atoms with van der Waals surface area (Å²) in [6, 6.07) is 12.5. The second-order valence-electron chi connectivity index (χ2n) is 5.48. The third-order valence-corrected chi connectivity index (χ3v) is 5.24. The van der Waals surface area contributed by atoms with Gasteiger partial charge in [0.25, 0.3) is 11.8 Å². The first-order valence-corrected chi connectivity index (χ1v) is 9.65. The zero-order chi connectivity index (χ0) is 19.2. The number of hydrogen-bond acceptors (Lipinski definition) is 4. The van der Waals surface area contributed by atoms with E-state index in [2.05, 4.69) is 15.6 Å². The molecule has 0 spiro atoms. The molecule has 2 rings (SSSR count). The number of carbonyl (C=O) groups is 2. The van der Waals surface area contributed by atoms with E-state index in [0.717, 1.165) is 12.0 Å². The standard InChI is InChI=1S/C18H21N3O4S/c1-3-13-5-7-14(8-6-13)17(22)20-21-18(23)15-9-11-16(12-10-15)26(24,25)19-4-2/h5-12,19H,3-4H2,1-2H3,(H,20,22)(H,21,23). The van der Waals surface area contributed by atoms with Crippen molar-refractivity contribution in [3.05, 3.63) is 65.2 Å². The lowest BCUT2D eigenvalue weighted by Crippen LogP contribution is -2.41. The van der Waals surface area contributed by atoms with Crippen LogP contribution in [0.5, 0.6) is 0 Å². The predicted molar refractivity (Wildman–Crippen MR) is 98.1 cm³/mol. The Bertz CT molecular complexity index is 876. The van der Waals surface area contributed by atoms with Gasteiger partial charge in [-0.05, 0) is 48.4 Å². The Morgan fingerprint density at radius 2 is 1.27 bits per heavy atom. The van der Waals surface area contributed by atoms with Crippen molar-refractivity contribution >= 4 is 21.8 Å². The lowest BCUT2D eigenvalue weighted by atomic mass is 10.1. The molecule has 0 bridgehead atoms. The van der Waals surface area contributed by atoms with Crippen LogP contribution in [0.4, 0.5) is 0 Å². The average molecular weight is 375 g/mol. The van der Waals surface area contributed by atoms with Gasteiger partial charge in [0.15, 0.2) is 0 Å². The molecular formula is C18H21N3O4S. The zero-order valence-electron chi connectivity index (χ0n) is 14.6. The van der Waals surface area contributed by atoms with Gasteiger partial charge in [-0.25, -0.2) is 13.1 Å². The van der Waals surface area contributed by atoms with Crippen LogP contribution in [-0.4, -0.2) is 26.8 Å². The summed E-state index contributed by atoms with van der Waals surface area (Å²) in [5, 5.41) is 0. The fourth-order valence-electron chi connectivity index (χ4n) is 2.21. The summed E-state index contributed by atoms with van der Waals surface area (Å²) >= 11 is 0. The van der Waals surface area contributed by atoms with Crippen LogP contribution in [0.25, 0.3) is 0 Å². The van der Waals surface area contributed by atoms with Crippen LogP contribution >= 0.6 is 0 Å². The van der Waals surface area contributed by atoms with Crippen molar-refractivity contribution in [2.75, 3.05) is 6.54 Å². The van der Waals surface area contributed by atoms with Crippen LogP contribution in [0, 0.1) is 0 Å². The molecule has 7 nitrogen and oxygen atoms in total. The lowest BCUT2D eigenvalue weighted by Gasteiger charge is -2.09. The SMILES string of the molecule is CCNS(=O)(=O)c1ccc(C(=O)NNC(=O)c2ccc(CC)cc2)cc1. The van der Waals surface area contributed by atoms with Gasteiger partial charge in [-0.2, -0.15) is 0 Å². The quantitative estimate of drug-likeness (QED) is 0.667. The van der Waals surface area contributed by atoms with E-state index < -0.39 is 21.8 Å². The normalized spacial score (nSPS) is 11.0. The van der Waals surface area contributed by atoms with E-state index in [4.69, 9.17) is 0 Å². The van der Waals surface area contributed by atoms with Gasteiger partial charge in [-0.1, -0.05) is 26.0 Å². The molecule has 0 saturated heterocycles. The topological polar surface area (TPSA) is 104 Å². The smallest absolute Gasteiger partial charge is 0.267 e. The monoisotopic (exact) mass is 375 g/mol. The highest BCUT2D eigenvalue weighted by molar-refractivity contribution is 7.89. The fourth-order valence-corrected chi connectivity index (χ4v) is 3.25. The van der Waals surface area contributed by atoms with Crippen molar-refractivity contribution in [2.45, 2.75) is 25.2 Å². The molecule has 2 aromatic carbocycles. The highest BCUT2D eigenvalue weighted by Gasteiger charge is 2.14. The molecule has 0 aliphatic rings. The van der Waals surface area contributed by atoms with E-state index in [1.165, 1.54) is 24.3 Å². The Hall–Kier alpha value is -2.71. The van der Waals surface area contributed by atoms with Gasteiger partial charge in [0, 0.05) is 17.7 Å². The van der Waals surface area contributed by atoms with Gasteiger partial charge >= 0.3 is 0 Å². The maximum atomic E-state index is 12.1. The maximum Gasteiger partial charge on any atom is 0.269 e. The molecule has 0 aliphatic carbocycles. The molecule has 0 saturated carbocycles. The molecule has 0 heterocycles. The van der Waals surface area contributed by atoms with Gasteiger partial charge in [-0.15, -0.1) is 0 Å². The minimum absolute atomic E-state index is 0.0657. The molecule has 0 aliphatic heterocycles. The highest BCUT2D eigenvalue weighted by Crippen LogP contribution is 2.10. The lowest BCUT2D eigenvalue weighted by molar-refractivity contribution is 0.0846. The minimum atomic E-state index is -3.57. The van der Waals surface area contributed by atoms with Crippen molar-refractivity contribution in [1.29, 1.82) is 0 Å². The van der Waals surface area contributed by atoms with E-state index in [9.17, 15) is 18.0 Å². The maximum absolute atomic E-state index is 12.1. The number of hydrazine groups is 1. The molecular weight excluding hydrogens is 354 g/mol. The largest absolute Gasteiger partial charge is 0.269 e. The predicted octanol–water partition coefficient (Wildman–Crippen LogP) is 1.62. The highest BCUT2D eigenvalue weighted by atomic mass is 32.2. The number of rotatable bonds is 6. The molecule has 0 fully saturated rings. The van der Waals surface area contributed by atoms with Gasteiger partial charge in [-0.3, -0.25) is 20.4 Å². The summed E-state index contributed by atoms with van der Waals surface area (Å²) in [6.45, 7) is 3.97. The molecule has 26 heavy (non-hydrogen) atoms. The number of amides is 2. The van der Waals surface area contributed by atoms with Crippen LogP contribution < -0.4 is 15.6 Å².